The van der Waals surface area contributed by atoms with E-state index in [4.69, 9.17) is 34.8 Å². The third-order valence-corrected chi connectivity index (χ3v) is 6.12. The molecule has 0 radical (unpaired) electrons. The average molecular weight is 380 g/mol. The summed E-state index contributed by atoms with van der Waals surface area (Å²) in [6.45, 7) is 3.43. The fraction of sp³-hybridized carbons (Fsp3) is 0.455. The Balaban J connectivity index is 0.00000200. The number of sulfonamides is 1. The van der Waals surface area contributed by atoms with Crippen molar-refractivity contribution >= 4 is 57.2 Å². The lowest BCUT2D eigenvalue weighted by Gasteiger charge is -2.33. The molecule has 1 heterocycles. The molecule has 20 heavy (non-hydrogen) atoms. The first kappa shape index (κ1) is 18.3. The van der Waals surface area contributed by atoms with E-state index in [-0.39, 0.29) is 33.4 Å². The molecule has 0 amide bonds. The highest BCUT2D eigenvalue weighted by Crippen LogP contribution is 2.35. The Bertz CT molecular complexity index is 571. The summed E-state index contributed by atoms with van der Waals surface area (Å²) in [5.41, 5.74) is 0. The quantitative estimate of drug-likeness (QED) is 0.858. The first-order valence-corrected chi connectivity index (χ1v) is 8.28. The first-order valence-electron chi connectivity index (χ1n) is 5.71. The van der Waals surface area contributed by atoms with Gasteiger partial charge in [-0.3, -0.25) is 0 Å². The summed E-state index contributed by atoms with van der Waals surface area (Å²) < 4.78 is 26.7. The smallest absolute Gasteiger partial charge is 0.246 e. The zero-order valence-corrected chi connectivity index (χ0v) is 14.5. The van der Waals surface area contributed by atoms with Crippen molar-refractivity contribution in [1.82, 2.24) is 9.62 Å². The number of hydrogen-bond acceptors (Lipinski definition) is 3. The number of benzene rings is 1. The normalized spacial score (nSPS) is 20.5. The lowest BCUT2D eigenvalue weighted by molar-refractivity contribution is 0.284. The van der Waals surface area contributed by atoms with Crippen LogP contribution in [0, 0.1) is 0 Å². The van der Waals surface area contributed by atoms with Gasteiger partial charge in [0, 0.05) is 30.7 Å². The van der Waals surface area contributed by atoms with Crippen molar-refractivity contribution in [3.8, 4) is 0 Å². The maximum Gasteiger partial charge on any atom is 0.246 e. The van der Waals surface area contributed by atoms with Crippen molar-refractivity contribution < 1.29 is 8.42 Å². The van der Waals surface area contributed by atoms with Gasteiger partial charge >= 0.3 is 0 Å². The summed E-state index contributed by atoms with van der Waals surface area (Å²) in [7, 11) is -3.72. The van der Waals surface area contributed by atoms with Crippen LogP contribution in [0.1, 0.15) is 6.92 Å². The van der Waals surface area contributed by atoms with Gasteiger partial charge < -0.3 is 5.32 Å². The molecule has 0 saturated carbocycles. The van der Waals surface area contributed by atoms with Gasteiger partial charge in [0.25, 0.3) is 0 Å². The lowest BCUT2D eigenvalue weighted by atomic mass is 10.3. The van der Waals surface area contributed by atoms with E-state index in [2.05, 4.69) is 5.32 Å². The van der Waals surface area contributed by atoms with Gasteiger partial charge in [0.05, 0.1) is 10.0 Å². The Labute approximate surface area is 139 Å². The number of nitrogens with one attached hydrogen (secondary N) is 1. The second-order valence-electron chi connectivity index (χ2n) is 4.37. The molecule has 1 aliphatic heterocycles. The van der Waals surface area contributed by atoms with E-state index in [1.165, 1.54) is 16.4 Å². The summed E-state index contributed by atoms with van der Waals surface area (Å²) in [6, 6.07) is 2.62. The van der Waals surface area contributed by atoms with Crippen LogP contribution in [0.25, 0.3) is 0 Å². The van der Waals surface area contributed by atoms with Crippen LogP contribution in [0.5, 0.6) is 0 Å². The minimum Gasteiger partial charge on any atom is -0.314 e. The summed E-state index contributed by atoms with van der Waals surface area (Å²) in [5.74, 6) is 0. The molecule has 1 aromatic rings. The molecule has 9 heteroatoms. The Morgan fingerprint density at radius 1 is 1.25 bits per heavy atom. The summed E-state index contributed by atoms with van der Waals surface area (Å²) in [6.07, 6.45) is 0. The van der Waals surface area contributed by atoms with E-state index in [1.54, 1.807) is 0 Å². The number of rotatable bonds is 2. The second-order valence-corrected chi connectivity index (χ2v) is 7.45. The minimum absolute atomic E-state index is 0. The van der Waals surface area contributed by atoms with Gasteiger partial charge in [-0.1, -0.05) is 34.8 Å². The monoisotopic (exact) mass is 378 g/mol. The van der Waals surface area contributed by atoms with Crippen LogP contribution < -0.4 is 5.32 Å². The molecule has 1 saturated heterocycles. The van der Waals surface area contributed by atoms with Crippen molar-refractivity contribution in [2.24, 2.45) is 0 Å². The van der Waals surface area contributed by atoms with E-state index < -0.39 is 10.0 Å². The molecule has 114 valence electrons. The van der Waals surface area contributed by atoms with Gasteiger partial charge in [-0.05, 0) is 19.1 Å². The van der Waals surface area contributed by atoms with Gasteiger partial charge in [-0.2, -0.15) is 4.31 Å². The minimum atomic E-state index is -3.72. The molecule has 0 bridgehead atoms. The molecule has 1 unspecified atom stereocenters. The number of nitrogens with zero attached hydrogens (tertiary/aromatic N) is 1. The molecule has 2 rings (SSSR count). The molecule has 1 N–H and O–H groups in total. The van der Waals surface area contributed by atoms with Crippen LogP contribution >= 0.6 is 47.2 Å². The largest absolute Gasteiger partial charge is 0.314 e. The predicted molar refractivity (Wildman–Crippen MR) is 84.9 cm³/mol. The average Bonchev–Trinajstić information content (AvgIpc) is 2.27. The molecule has 1 atom stereocenters. The summed E-state index contributed by atoms with van der Waals surface area (Å²) in [4.78, 5) is -0.0750. The number of piperazine rings is 1. The topological polar surface area (TPSA) is 49.4 Å². The Hall–Kier alpha value is 0.250. The van der Waals surface area contributed by atoms with E-state index in [0.29, 0.717) is 24.7 Å². The first-order chi connectivity index (χ1) is 8.84. The molecule has 4 nitrogen and oxygen atoms in total. The van der Waals surface area contributed by atoms with Crippen molar-refractivity contribution in [1.29, 1.82) is 0 Å². The third-order valence-electron chi connectivity index (χ3n) is 2.97. The van der Waals surface area contributed by atoms with Gasteiger partial charge in [0.2, 0.25) is 10.0 Å². The highest BCUT2D eigenvalue weighted by Gasteiger charge is 2.34. The molecule has 1 fully saturated rings. The molecular weight excluding hydrogens is 366 g/mol. The molecule has 1 aliphatic rings. The van der Waals surface area contributed by atoms with Crippen LogP contribution in [-0.4, -0.2) is 38.4 Å². The van der Waals surface area contributed by atoms with Crippen molar-refractivity contribution in [3.05, 3.63) is 27.2 Å². The van der Waals surface area contributed by atoms with Gasteiger partial charge in [0.1, 0.15) is 4.90 Å². The molecule has 1 aromatic carbocycles. The zero-order valence-electron chi connectivity index (χ0n) is 10.6. The SMILES string of the molecule is CC1CNCCN1S(=O)(=O)c1c(Cl)cc(Cl)cc1Cl.Cl. The predicted octanol–water partition coefficient (Wildman–Crippen LogP) is 3.05. The van der Waals surface area contributed by atoms with Crippen LogP contribution in [0.3, 0.4) is 0 Å². The summed E-state index contributed by atoms with van der Waals surface area (Å²) >= 11 is 17.8. The van der Waals surface area contributed by atoms with E-state index in [9.17, 15) is 8.42 Å². The molecule has 0 aliphatic carbocycles. The maximum absolute atomic E-state index is 12.6. The second kappa shape index (κ2) is 7.01. The van der Waals surface area contributed by atoms with E-state index in [0.717, 1.165) is 0 Å². The van der Waals surface area contributed by atoms with Gasteiger partial charge in [-0.25, -0.2) is 8.42 Å². The fourth-order valence-electron chi connectivity index (χ4n) is 2.07. The van der Waals surface area contributed by atoms with Crippen molar-refractivity contribution in [3.63, 3.8) is 0 Å². The molecule has 0 spiro atoms. The zero-order chi connectivity index (χ0) is 14.2. The Morgan fingerprint density at radius 3 is 2.30 bits per heavy atom. The highest BCUT2D eigenvalue weighted by atomic mass is 35.5. The van der Waals surface area contributed by atoms with E-state index in [1.807, 2.05) is 6.92 Å². The third kappa shape index (κ3) is 3.53. The van der Waals surface area contributed by atoms with Crippen LogP contribution in [-0.2, 0) is 10.0 Å². The van der Waals surface area contributed by atoms with Gasteiger partial charge in [-0.15, -0.1) is 12.4 Å². The van der Waals surface area contributed by atoms with Crippen molar-refractivity contribution in [2.45, 2.75) is 17.9 Å². The Kier molecular flexibility index (Phi) is 6.41. The summed E-state index contributed by atoms with van der Waals surface area (Å²) in [5, 5.41) is 3.53. The van der Waals surface area contributed by atoms with Crippen LogP contribution in [0.2, 0.25) is 15.1 Å². The standard InChI is InChI=1S/C11H13Cl3N2O2S.ClH/c1-7-6-15-2-3-16(7)19(17,18)11-9(13)4-8(12)5-10(11)14;/h4-5,7,15H,2-3,6H2,1H3;1H. The lowest BCUT2D eigenvalue weighted by Crippen LogP contribution is -2.52. The Morgan fingerprint density at radius 2 is 1.80 bits per heavy atom. The van der Waals surface area contributed by atoms with Crippen LogP contribution in [0.15, 0.2) is 17.0 Å². The molecule has 0 aromatic heterocycles. The van der Waals surface area contributed by atoms with Crippen LogP contribution in [0.4, 0.5) is 0 Å². The van der Waals surface area contributed by atoms with E-state index >= 15 is 0 Å². The van der Waals surface area contributed by atoms with Gasteiger partial charge in [0.15, 0.2) is 0 Å². The number of halogens is 4. The maximum atomic E-state index is 12.6. The molecular formula is C11H14Cl4N2O2S. The highest BCUT2D eigenvalue weighted by molar-refractivity contribution is 7.89. The fourth-order valence-corrected chi connectivity index (χ4v) is 5.20. The number of hydrogen-bond donors (Lipinski definition) is 1. The van der Waals surface area contributed by atoms with Crippen molar-refractivity contribution in [2.75, 3.05) is 19.6 Å².